The number of rotatable bonds is 7. The first-order chi connectivity index (χ1) is 17.1. The lowest BCUT2D eigenvalue weighted by Crippen LogP contribution is -2.45. The van der Waals surface area contributed by atoms with Gasteiger partial charge in [-0.3, -0.25) is 9.69 Å². The summed E-state index contributed by atoms with van der Waals surface area (Å²) < 4.78 is 1.77. The van der Waals surface area contributed by atoms with Crippen molar-refractivity contribution in [2.45, 2.75) is 25.4 Å². The summed E-state index contributed by atoms with van der Waals surface area (Å²) >= 11 is 0. The van der Waals surface area contributed by atoms with Crippen LogP contribution in [0.2, 0.25) is 0 Å². The molecule has 1 amide bonds. The minimum Gasteiger partial charge on any atom is -0.349 e. The smallest absolute Gasteiger partial charge is 0.251 e. The number of carbonyl (C=O) groups excluding carboxylic acids is 1. The Morgan fingerprint density at radius 2 is 1.83 bits per heavy atom. The molecule has 8 nitrogen and oxygen atoms in total. The van der Waals surface area contributed by atoms with E-state index in [1.54, 1.807) is 4.52 Å². The summed E-state index contributed by atoms with van der Waals surface area (Å²) in [6.07, 6.45) is 4.02. The largest absolute Gasteiger partial charge is 0.349 e. The molecule has 4 aromatic rings. The van der Waals surface area contributed by atoms with Crippen molar-refractivity contribution >= 4 is 23.2 Å². The maximum Gasteiger partial charge on any atom is 0.251 e. The van der Waals surface area contributed by atoms with E-state index in [4.69, 9.17) is 10.2 Å². The number of nitriles is 1. The third-order valence-electron chi connectivity index (χ3n) is 6.49. The summed E-state index contributed by atoms with van der Waals surface area (Å²) in [5.41, 5.74) is 5.54. The van der Waals surface area contributed by atoms with Crippen LogP contribution in [0.1, 0.15) is 28.8 Å². The number of hydrogen-bond donors (Lipinski definition) is 2. The molecule has 8 heteroatoms. The molecule has 0 spiro atoms. The minimum atomic E-state index is -0.0307. The number of pyridine rings is 1. The number of nitrogens with one attached hydrogen (secondary N) is 2. The number of fused-ring (bicyclic) bond motifs is 1. The first-order valence-electron chi connectivity index (χ1n) is 11.9. The van der Waals surface area contributed by atoms with Crippen LogP contribution in [0.5, 0.6) is 0 Å². The number of likely N-dealkylation sites (tertiary alicyclic amines) is 1. The third kappa shape index (κ3) is 4.59. The summed E-state index contributed by atoms with van der Waals surface area (Å²) in [6.45, 7) is 2.57. The van der Waals surface area contributed by atoms with Crippen LogP contribution in [-0.2, 0) is 6.54 Å². The summed E-state index contributed by atoms with van der Waals surface area (Å²) in [5, 5.41) is 19.8. The second kappa shape index (κ2) is 8.85. The molecule has 1 aliphatic carbocycles. The zero-order valence-electron chi connectivity index (χ0n) is 19.2. The molecule has 2 aromatic heterocycles. The van der Waals surface area contributed by atoms with Gasteiger partial charge in [0.1, 0.15) is 0 Å². The SMILES string of the molecule is N#CC1CN(Cc2ccc(-c3cccn4nc(Nc5ccc(C(=O)NC6CC6)cc5)nc34)cc2)C1. The van der Waals surface area contributed by atoms with E-state index >= 15 is 0 Å². The predicted octanol–water partition coefficient (Wildman–Crippen LogP) is 3.99. The Labute approximate surface area is 203 Å². The van der Waals surface area contributed by atoms with Gasteiger partial charge in [-0.05, 0) is 60.4 Å². The first kappa shape index (κ1) is 21.3. The minimum absolute atomic E-state index is 0.0307. The van der Waals surface area contributed by atoms with Gasteiger partial charge < -0.3 is 10.6 Å². The zero-order chi connectivity index (χ0) is 23.8. The molecule has 2 N–H and O–H groups in total. The summed E-state index contributed by atoms with van der Waals surface area (Å²) in [6, 6.07) is 22.5. The van der Waals surface area contributed by atoms with Crippen molar-refractivity contribution in [3.05, 3.63) is 78.0 Å². The molecular formula is C27H25N7O. The maximum atomic E-state index is 12.2. The van der Waals surface area contributed by atoms with Crippen molar-refractivity contribution in [1.82, 2.24) is 24.8 Å². The molecule has 1 saturated heterocycles. The maximum absolute atomic E-state index is 12.2. The van der Waals surface area contributed by atoms with Crippen molar-refractivity contribution < 1.29 is 4.79 Å². The van der Waals surface area contributed by atoms with Crippen LogP contribution in [0.4, 0.5) is 11.6 Å². The Balaban J connectivity index is 1.16. The van der Waals surface area contributed by atoms with E-state index < -0.39 is 0 Å². The van der Waals surface area contributed by atoms with E-state index in [0.717, 1.165) is 54.9 Å². The number of amides is 1. The molecular weight excluding hydrogens is 438 g/mol. The highest BCUT2D eigenvalue weighted by atomic mass is 16.1. The fourth-order valence-electron chi connectivity index (χ4n) is 4.34. The van der Waals surface area contributed by atoms with E-state index in [9.17, 15) is 4.79 Å². The van der Waals surface area contributed by atoms with E-state index in [1.165, 1.54) is 5.56 Å². The number of carbonyl (C=O) groups is 1. The number of anilines is 2. The van der Waals surface area contributed by atoms with E-state index in [2.05, 4.69) is 51.0 Å². The van der Waals surface area contributed by atoms with Gasteiger partial charge in [0.05, 0.1) is 12.0 Å². The van der Waals surface area contributed by atoms with Gasteiger partial charge in [0, 0.05) is 48.7 Å². The van der Waals surface area contributed by atoms with Gasteiger partial charge in [0.2, 0.25) is 5.95 Å². The van der Waals surface area contributed by atoms with Gasteiger partial charge in [0.15, 0.2) is 5.65 Å². The Hall–Kier alpha value is -4.22. The molecule has 2 aromatic carbocycles. The molecule has 0 unspecified atom stereocenters. The van der Waals surface area contributed by atoms with Gasteiger partial charge >= 0.3 is 0 Å². The molecule has 1 saturated carbocycles. The number of hydrogen-bond acceptors (Lipinski definition) is 6. The van der Waals surface area contributed by atoms with Crippen LogP contribution >= 0.6 is 0 Å². The standard InChI is InChI=1S/C27H25N7O/c28-14-19-16-33(17-19)15-18-3-5-20(6-4-18)24-2-1-13-34-25(24)31-27(32-34)30-23-9-7-21(8-10-23)26(35)29-22-11-12-22/h1-10,13,19,22H,11-12,15-17H2,(H,29,35)(H,30,32). The quantitative estimate of drug-likeness (QED) is 0.430. The normalized spacial score (nSPS) is 16.0. The number of nitrogens with zero attached hydrogens (tertiary/aromatic N) is 5. The molecule has 0 bridgehead atoms. The molecule has 0 atom stereocenters. The highest BCUT2D eigenvalue weighted by molar-refractivity contribution is 5.95. The van der Waals surface area contributed by atoms with Crippen molar-refractivity contribution in [2.75, 3.05) is 18.4 Å². The summed E-state index contributed by atoms with van der Waals surface area (Å²) in [7, 11) is 0. The lowest BCUT2D eigenvalue weighted by Gasteiger charge is -2.35. The Morgan fingerprint density at radius 1 is 1.06 bits per heavy atom. The fraction of sp³-hybridized carbons (Fsp3) is 0.259. The van der Waals surface area contributed by atoms with Crippen LogP contribution < -0.4 is 10.6 Å². The van der Waals surface area contributed by atoms with E-state index in [-0.39, 0.29) is 11.8 Å². The molecule has 2 aliphatic rings. The number of benzene rings is 2. The van der Waals surface area contributed by atoms with Gasteiger partial charge in [-0.2, -0.15) is 10.2 Å². The topological polar surface area (TPSA) is 98.4 Å². The van der Waals surface area contributed by atoms with Crippen molar-refractivity contribution in [3.63, 3.8) is 0 Å². The average Bonchev–Trinajstić information content (AvgIpc) is 3.57. The fourth-order valence-corrected chi connectivity index (χ4v) is 4.34. The van der Waals surface area contributed by atoms with Crippen LogP contribution in [0, 0.1) is 17.2 Å². The van der Waals surface area contributed by atoms with E-state index in [0.29, 0.717) is 17.6 Å². The lowest BCUT2D eigenvalue weighted by molar-refractivity contribution is 0.0951. The molecule has 174 valence electrons. The van der Waals surface area contributed by atoms with Crippen LogP contribution in [0.25, 0.3) is 16.8 Å². The van der Waals surface area contributed by atoms with Gasteiger partial charge in [-0.1, -0.05) is 24.3 Å². The second-order valence-corrected chi connectivity index (χ2v) is 9.29. The first-order valence-corrected chi connectivity index (χ1v) is 11.9. The summed E-state index contributed by atoms with van der Waals surface area (Å²) in [4.78, 5) is 19.2. The Bertz CT molecular complexity index is 1410. The zero-order valence-corrected chi connectivity index (χ0v) is 19.2. The predicted molar refractivity (Wildman–Crippen MR) is 133 cm³/mol. The van der Waals surface area contributed by atoms with Crippen molar-refractivity contribution in [1.29, 1.82) is 5.26 Å². The Kier molecular flexibility index (Phi) is 5.39. The van der Waals surface area contributed by atoms with Gasteiger partial charge in [-0.25, -0.2) is 4.52 Å². The highest BCUT2D eigenvalue weighted by Crippen LogP contribution is 2.27. The molecule has 3 heterocycles. The number of aromatic nitrogens is 3. The van der Waals surface area contributed by atoms with Crippen LogP contribution in [0.3, 0.4) is 0 Å². The molecule has 35 heavy (non-hydrogen) atoms. The molecule has 2 fully saturated rings. The molecule has 1 aliphatic heterocycles. The van der Waals surface area contributed by atoms with Gasteiger partial charge in [-0.15, -0.1) is 5.10 Å². The van der Waals surface area contributed by atoms with E-state index in [1.807, 2.05) is 42.6 Å². The van der Waals surface area contributed by atoms with Crippen LogP contribution in [-0.4, -0.2) is 44.5 Å². The third-order valence-corrected chi connectivity index (χ3v) is 6.49. The lowest BCUT2D eigenvalue weighted by atomic mass is 10.00. The van der Waals surface area contributed by atoms with Gasteiger partial charge in [0.25, 0.3) is 5.91 Å². The van der Waals surface area contributed by atoms with Crippen molar-refractivity contribution in [3.8, 4) is 17.2 Å². The van der Waals surface area contributed by atoms with Crippen LogP contribution in [0.15, 0.2) is 66.9 Å². The average molecular weight is 464 g/mol. The monoisotopic (exact) mass is 463 g/mol. The highest BCUT2D eigenvalue weighted by Gasteiger charge is 2.26. The molecule has 6 rings (SSSR count). The summed E-state index contributed by atoms with van der Waals surface area (Å²) in [5.74, 6) is 0.637. The Morgan fingerprint density at radius 3 is 2.54 bits per heavy atom. The second-order valence-electron chi connectivity index (χ2n) is 9.29. The molecule has 0 radical (unpaired) electrons. The van der Waals surface area contributed by atoms with Crippen molar-refractivity contribution in [2.24, 2.45) is 5.92 Å².